The molecule has 0 aromatic carbocycles. The number of nitrogens with zero attached hydrogens (tertiary/aromatic N) is 4. The van der Waals surface area contributed by atoms with Gasteiger partial charge in [0.2, 0.25) is 0 Å². The van der Waals surface area contributed by atoms with Crippen LogP contribution in [-0.2, 0) is 0 Å². The van der Waals surface area contributed by atoms with Gasteiger partial charge >= 0.3 is 3.18 Å². The van der Waals surface area contributed by atoms with Crippen LogP contribution in [0, 0.1) is 0 Å². The van der Waals surface area contributed by atoms with Gasteiger partial charge in [-0.25, -0.2) is 9.97 Å². The summed E-state index contributed by atoms with van der Waals surface area (Å²) in [7, 11) is 1.63. The summed E-state index contributed by atoms with van der Waals surface area (Å²) in [6, 6.07) is 3.64. The average molecular weight is 665 g/mol. The molecular formula is C21H18BBr3N8O2. The third-order valence-corrected chi connectivity index (χ3v) is 4.88. The second kappa shape index (κ2) is 11.6. The molecule has 6 heterocycles. The van der Waals surface area contributed by atoms with E-state index in [-0.39, 0.29) is 8.93 Å². The Labute approximate surface area is 224 Å². The van der Waals surface area contributed by atoms with E-state index >= 15 is 0 Å². The van der Waals surface area contributed by atoms with Crippen LogP contribution >= 0.6 is 47.3 Å². The summed E-state index contributed by atoms with van der Waals surface area (Å²) in [5, 5.41) is 24.7. The van der Waals surface area contributed by atoms with Crippen molar-refractivity contribution in [2.24, 2.45) is 0 Å². The first-order valence-electron chi connectivity index (χ1n) is 10.0. The minimum absolute atomic E-state index is 0.159. The zero-order valence-corrected chi connectivity index (χ0v) is 22.9. The van der Waals surface area contributed by atoms with Crippen molar-refractivity contribution in [1.29, 1.82) is 0 Å². The Morgan fingerprint density at radius 3 is 1.77 bits per heavy atom. The molecule has 14 heteroatoms. The number of aromatic hydroxyl groups is 1. The van der Waals surface area contributed by atoms with Gasteiger partial charge in [0.15, 0.2) is 0 Å². The van der Waals surface area contributed by atoms with Gasteiger partial charge in [-0.3, -0.25) is 10.2 Å². The Morgan fingerprint density at radius 1 is 0.771 bits per heavy atom. The first-order chi connectivity index (χ1) is 17.0. The fourth-order valence-corrected chi connectivity index (χ4v) is 3.36. The Morgan fingerprint density at radius 2 is 1.29 bits per heavy atom. The molecule has 5 N–H and O–H groups in total. The lowest BCUT2D eigenvalue weighted by molar-refractivity contribution is 0.414. The topological polar surface area (TPSA) is 144 Å². The first-order valence-corrected chi connectivity index (χ1v) is 12.8. The van der Waals surface area contributed by atoms with Crippen LogP contribution in [0.4, 0.5) is 0 Å². The number of methoxy groups -OCH3 is 1. The van der Waals surface area contributed by atoms with Crippen molar-refractivity contribution in [3.8, 4) is 33.8 Å². The van der Waals surface area contributed by atoms with Gasteiger partial charge in [-0.2, -0.15) is 10.2 Å². The average Bonchev–Trinajstić information content (AvgIpc) is 3.64. The van der Waals surface area contributed by atoms with Gasteiger partial charge in [0.1, 0.15) is 22.8 Å². The summed E-state index contributed by atoms with van der Waals surface area (Å²) in [5.41, 5.74) is 5.63. The fraction of sp³-hybridized carbons (Fsp3) is 0.0476. The number of halogens is 3. The van der Waals surface area contributed by atoms with Crippen molar-refractivity contribution in [2.45, 2.75) is 0 Å². The molecule has 35 heavy (non-hydrogen) atoms. The minimum Gasteiger partial charge on any atom is -0.506 e. The highest BCUT2D eigenvalue weighted by Gasteiger charge is 2.09. The normalized spacial score (nSPS) is 10.4. The zero-order valence-electron chi connectivity index (χ0n) is 18.1. The molecule has 0 aliphatic carbocycles. The van der Waals surface area contributed by atoms with Gasteiger partial charge in [-0.05, 0) is 12.1 Å². The Bertz CT molecular complexity index is 1500. The summed E-state index contributed by atoms with van der Waals surface area (Å²) in [5.74, 6) is 0.906. The molecule has 6 aromatic heterocycles. The first kappa shape index (κ1) is 25.0. The van der Waals surface area contributed by atoms with E-state index in [4.69, 9.17) is 4.74 Å². The van der Waals surface area contributed by atoms with E-state index in [1.54, 1.807) is 38.0 Å². The molecule has 0 amide bonds. The van der Waals surface area contributed by atoms with Crippen LogP contribution in [0.25, 0.3) is 44.3 Å². The lowest BCUT2D eigenvalue weighted by Crippen LogP contribution is -1.84. The maximum atomic E-state index is 9.37. The standard InChI is InChI=1S/C11H10N4O.C10H8N4O.BBr3/c1-16-8-2-9-10(7-3-14-15-4-7)6-13-11(9)12-5-8;15-7-1-8-9(6-2-13-14-3-6)5-12-10(8)11-4-7;2-1(3)4/h2-6H,1H3,(H,12,13)(H,14,15);1-5,15H,(H,11,12)(H,13,14);. The molecule has 0 fully saturated rings. The molecule has 0 saturated heterocycles. The summed E-state index contributed by atoms with van der Waals surface area (Å²) in [6.07, 6.45) is 14.0. The van der Waals surface area contributed by atoms with Crippen LogP contribution in [0.3, 0.4) is 0 Å². The third kappa shape index (κ3) is 6.13. The zero-order chi connectivity index (χ0) is 24.8. The third-order valence-electron chi connectivity index (χ3n) is 4.88. The van der Waals surface area contributed by atoms with Gasteiger partial charge in [0.05, 0.1) is 31.9 Å². The molecule has 0 radical (unpaired) electrons. The molecule has 0 atom stereocenters. The van der Waals surface area contributed by atoms with Crippen LogP contribution in [0.15, 0.2) is 61.7 Å². The van der Waals surface area contributed by atoms with Crippen LogP contribution in [0.1, 0.15) is 0 Å². The van der Waals surface area contributed by atoms with Crippen molar-refractivity contribution in [3.63, 3.8) is 0 Å². The highest BCUT2D eigenvalue weighted by Crippen LogP contribution is 2.30. The Kier molecular flexibility index (Phi) is 8.26. The molecule has 0 bridgehead atoms. The van der Waals surface area contributed by atoms with Crippen molar-refractivity contribution in [2.75, 3.05) is 7.11 Å². The molecule has 6 rings (SSSR count). The summed E-state index contributed by atoms with van der Waals surface area (Å²) >= 11 is 9.31. The molecule has 0 saturated carbocycles. The SMILES string of the molecule is BrB(Br)Br.COc1cnc2[nH]cc(-c3cn[nH]c3)c2c1.Oc1cnc2[nH]cc(-c3cn[nH]c3)c2c1. The van der Waals surface area contributed by atoms with E-state index in [9.17, 15) is 5.11 Å². The van der Waals surface area contributed by atoms with Gasteiger partial charge in [-0.15, -0.1) is 47.3 Å². The van der Waals surface area contributed by atoms with Gasteiger partial charge < -0.3 is 19.8 Å². The summed E-state index contributed by atoms with van der Waals surface area (Å²) in [6.45, 7) is 0. The van der Waals surface area contributed by atoms with E-state index in [1.165, 1.54) is 6.20 Å². The Balaban J connectivity index is 0.000000144. The van der Waals surface area contributed by atoms with Crippen LogP contribution in [0.5, 0.6) is 11.5 Å². The molecule has 0 spiro atoms. The van der Waals surface area contributed by atoms with Crippen LogP contribution < -0.4 is 4.74 Å². The molecule has 178 valence electrons. The van der Waals surface area contributed by atoms with Crippen molar-refractivity contribution < 1.29 is 9.84 Å². The number of H-pyrrole nitrogens is 4. The van der Waals surface area contributed by atoms with Gasteiger partial charge in [-0.1, -0.05) is 0 Å². The molecule has 0 aliphatic heterocycles. The fourth-order valence-electron chi connectivity index (χ4n) is 3.36. The molecular weight excluding hydrogens is 647 g/mol. The lowest BCUT2D eigenvalue weighted by Gasteiger charge is -1.99. The van der Waals surface area contributed by atoms with Crippen molar-refractivity contribution in [3.05, 3.63) is 61.7 Å². The molecule has 10 nitrogen and oxygen atoms in total. The van der Waals surface area contributed by atoms with Crippen LogP contribution in [-0.4, -0.2) is 55.7 Å². The second-order valence-corrected chi connectivity index (χ2v) is 13.4. The summed E-state index contributed by atoms with van der Waals surface area (Å²) < 4.78 is 5.44. The van der Waals surface area contributed by atoms with Gasteiger partial charge in [0.25, 0.3) is 0 Å². The highest BCUT2D eigenvalue weighted by molar-refractivity contribution is 9.69. The highest BCUT2D eigenvalue weighted by atomic mass is 79.9. The number of aromatic nitrogens is 8. The Hall–Kier alpha value is -3.10. The quantitative estimate of drug-likeness (QED) is 0.152. The number of hydrogen-bond acceptors (Lipinski definition) is 6. The molecule has 0 unspecified atom stereocenters. The largest absolute Gasteiger partial charge is 0.506 e. The monoisotopic (exact) mass is 662 g/mol. The predicted octanol–water partition coefficient (Wildman–Crippen LogP) is 5.78. The van der Waals surface area contributed by atoms with Gasteiger partial charge in [0, 0.05) is 57.8 Å². The van der Waals surface area contributed by atoms with Crippen molar-refractivity contribution >= 4 is 72.5 Å². The number of aromatic amines is 4. The number of nitrogens with one attached hydrogen (secondary N) is 4. The number of pyridine rings is 2. The van der Waals surface area contributed by atoms with E-state index in [0.717, 1.165) is 50.1 Å². The van der Waals surface area contributed by atoms with Crippen molar-refractivity contribution in [1.82, 2.24) is 40.3 Å². The number of ether oxygens (including phenoxy) is 1. The maximum absolute atomic E-state index is 9.37. The number of hydrogen-bond donors (Lipinski definition) is 5. The summed E-state index contributed by atoms with van der Waals surface area (Å²) in [4.78, 5) is 14.5. The van der Waals surface area contributed by atoms with Crippen LogP contribution in [0.2, 0.25) is 0 Å². The number of rotatable bonds is 3. The molecule has 6 aromatic rings. The predicted molar refractivity (Wildman–Crippen MR) is 148 cm³/mol. The maximum Gasteiger partial charge on any atom is 0.369 e. The number of fused-ring (bicyclic) bond motifs is 2. The molecule has 0 aliphatic rings. The smallest absolute Gasteiger partial charge is 0.369 e. The second-order valence-electron chi connectivity index (χ2n) is 6.99. The van der Waals surface area contributed by atoms with E-state index in [0.29, 0.717) is 0 Å². The van der Waals surface area contributed by atoms with E-state index < -0.39 is 0 Å². The minimum atomic E-state index is 0.159. The lowest BCUT2D eigenvalue weighted by atomic mass is 10.1. The van der Waals surface area contributed by atoms with E-state index in [1.807, 2.05) is 24.7 Å². The van der Waals surface area contributed by atoms with E-state index in [2.05, 4.69) is 87.6 Å².